The molecule has 13 heavy (non-hydrogen) atoms. The highest BCUT2D eigenvalue weighted by Gasteiger charge is 2.10. The summed E-state index contributed by atoms with van der Waals surface area (Å²) in [6.45, 7) is 2.10. The van der Waals surface area contributed by atoms with Crippen LogP contribution in [-0.4, -0.2) is 11.4 Å². The molecule has 2 aromatic rings. The molecule has 0 radical (unpaired) electrons. The molecule has 2 rings (SSSR count). The van der Waals surface area contributed by atoms with Crippen molar-refractivity contribution in [2.45, 2.75) is 6.92 Å². The lowest BCUT2D eigenvalue weighted by atomic mass is 10.3. The predicted octanol–water partition coefficient (Wildman–Crippen LogP) is 3.05. The molecule has 0 saturated heterocycles. The molecule has 0 saturated carbocycles. The number of nitrogens with zero attached hydrogens (tertiary/aromatic N) is 1. The molecule has 0 spiro atoms. The SMILES string of the molecule is CNc1c(C)c(Br)c2ccccn12. The van der Waals surface area contributed by atoms with Crippen LogP contribution in [0, 0.1) is 6.92 Å². The Labute approximate surface area is 85.7 Å². The summed E-state index contributed by atoms with van der Waals surface area (Å²) in [6, 6.07) is 6.16. The van der Waals surface area contributed by atoms with Crippen LogP contribution in [0.4, 0.5) is 5.82 Å². The van der Waals surface area contributed by atoms with Gasteiger partial charge in [-0.05, 0) is 35.0 Å². The molecule has 0 aliphatic rings. The second kappa shape index (κ2) is 3.07. The molecular weight excluding hydrogens is 228 g/mol. The van der Waals surface area contributed by atoms with Crippen LogP contribution in [0.1, 0.15) is 5.56 Å². The van der Waals surface area contributed by atoms with Gasteiger partial charge in [-0.1, -0.05) is 6.07 Å². The van der Waals surface area contributed by atoms with Gasteiger partial charge >= 0.3 is 0 Å². The second-order valence-corrected chi connectivity index (χ2v) is 3.79. The minimum Gasteiger partial charge on any atom is -0.374 e. The van der Waals surface area contributed by atoms with Crippen LogP contribution in [0.3, 0.4) is 0 Å². The molecule has 0 aromatic carbocycles. The Morgan fingerprint density at radius 2 is 2.15 bits per heavy atom. The van der Waals surface area contributed by atoms with E-state index in [1.54, 1.807) is 0 Å². The minimum absolute atomic E-state index is 1.14. The smallest absolute Gasteiger partial charge is 0.114 e. The summed E-state index contributed by atoms with van der Waals surface area (Å²) in [6.07, 6.45) is 2.05. The van der Waals surface area contributed by atoms with Crippen LogP contribution < -0.4 is 5.32 Å². The van der Waals surface area contributed by atoms with Gasteiger partial charge < -0.3 is 9.72 Å². The van der Waals surface area contributed by atoms with Crippen molar-refractivity contribution >= 4 is 27.3 Å². The molecule has 0 fully saturated rings. The number of halogens is 1. The molecule has 1 N–H and O–H groups in total. The van der Waals surface area contributed by atoms with E-state index >= 15 is 0 Å². The molecule has 0 amide bonds. The molecule has 0 bridgehead atoms. The lowest BCUT2D eigenvalue weighted by Crippen LogP contribution is -1.94. The summed E-state index contributed by atoms with van der Waals surface area (Å²) in [4.78, 5) is 0. The van der Waals surface area contributed by atoms with E-state index in [9.17, 15) is 0 Å². The zero-order valence-electron chi connectivity index (χ0n) is 7.63. The number of nitrogens with one attached hydrogen (secondary N) is 1. The van der Waals surface area contributed by atoms with Gasteiger partial charge in [0.1, 0.15) is 5.82 Å². The number of hydrogen-bond acceptors (Lipinski definition) is 1. The first-order valence-corrected chi connectivity index (χ1v) is 4.98. The van der Waals surface area contributed by atoms with Gasteiger partial charge in [0.05, 0.1) is 5.52 Å². The van der Waals surface area contributed by atoms with Gasteiger partial charge in [-0.15, -0.1) is 0 Å². The minimum atomic E-state index is 1.14. The first kappa shape index (κ1) is 8.63. The molecular formula is C10H11BrN2. The molecule has 0 aliphatic heterocycles. The molecule has 2 aromatic heterocycles. The van der Waals surface area contributed by atoms with Crippen LogP contribution >= 0.6 is 15.9 Å². The highest BCUT2D eigenvalue weighted by Crippen LogP contribution is 2.30. The van der Waals surface area contributed by atoms with Crippen molar-refractivity contribution in [1.29, 1.82) is 0 Å². The van der Waals surface area contributed by atoms with Crippen LogP contribution in [0.5, 0.6) is 0 Å². The largest absolute Gasteiger partial charge is 0.374 e. The summed E-state index contributed by atoms with van der Waals surface area (Å²) in [5, 5.41) is 3.19. The lowest BCUT2D eigenvalue weighted by molar-refractivity contribution is 1.17. The van der Waals surface area contributed by atoms with E-state index in [4.69, 9.17) is 0 Å². The van der Waals surface area contributed by atoms with E-state index in [-0.39, 0.29) is 0 Å². The molecule has 68 valence electrons. The monoisotopic (exact) mass is 238 g/mol. The van der Waals surface area contributed by atoms with E-state index in [0.29, 0.717) is 0 Å². The number of anilines is 1. The molecule has 3 heteroatoms. The summed E-state index contributed by atoms with van der Waals surface area (Å²) in [5.41, 5.74) is 2.44. The quantitative estimate of drug-likeness (QED) is 0.808. The van der Waals surface area contributed by atoms with E-state index in [1.807, 2.05) is 19.2 Å². The number of aromatic nitrogens is 1. The van der Waals surface area contributed by atoms with Crippen LogP contribution in [0.15, 0.2) is 28.9 Å². The van der Waals surface area contributed by atoms with E-state index in [1.165, 1.54) is 11.1 Å². The Morgan fingerprint density at radius 1 is 1.38 bits per heavy atom. The third kappa shape index (κ3) is 1.15. The molecule has 0 atom stereocenters. The number of fused-ring (bicyclic) bond motifs is 1. The first-order chi connectivity index (χ1) is 6.25. The maximum Gasteiger partial charge on any atom is 0.114 e. The lowest BCUT2D eigenvalue weighted by Gasteiger charge is -2.01. The Hall–Kier alpha value is -0.960. The maximum atomic E-state index is 3.58. The molecule has 0 aliphatic carbocycles. The van der Waals surface area contributed by atoms with Crippen molar-refractivity contribution in [3.05, 3.63) is 34.4 Å². The van der Waals surface area contributed by atoms with Gasteiger partial charge in [0.15, 0.2) is 0 Å². The van der Waals surface area contributed by atoms with Gasteiger partial charge in [-0.3, -0.25) is 0 Å². The third-order valence-corrected chi connectivity index (χ3v) is 3.25. The number of pyridine rings is 1. The second-order valence-electron chi connectivity index (χ2n) is 2.99. The van der Waals surface area contributed by atoms with Crippen molar-refractivity contribution in [2.75, 3.05) is 12.4 Å². The zero-order valence-corrected chi connectivity index (χ0v) is 9.22. The summed E-state index contributed by atoms with van der Waals surface area (Å²) in [7, 11) is 1.94. The fourth-order valence-corrected chi connectivity index (χ4v) is 2.11. The average Bonchev–Trinajstić information content (AvgIpc) is 2.41. The van der Waals surface area contributed by atoms with Crippen molar-refractivity contribution < 1.29 is 0 Å². The predicted molar refractivity (Wildman–Crippen MR) is 59.4 cm³/mol. The third-order valence-electron chi connectivity index (χ3n) is 2.25. The highest BCUT2D eigenvalue weighted by atomic mass is 79.9. The van der Waals surface area contributed by atoms with Gasteiger partial charge in [0.25, 0.3) is 0 Å². The van der Waals surface area contributed by atoms with Crippen molar-refractivity contribution in [3.8, 4) is 0 Å². The standard InChI is InChI=1S/C10H11BrN2/c1-7-9(11)8-5-3-4-6-13(8)10(7)12-2/h3-6,12H,1-2H3. The van der Waals surface area contributed by atoms with Crippen molar-refractivity contribution in [1.82, 2.24) is 4.40 Å². The van der Waals surface area contributed by atoms with E-state index in [0.717, 1.165) is 10.3 Å². The summed E-state index contributed by atoms with van der Waals surface area (Å²) < 4.78 is 3.30. The Kier molecular flexibility index (Phi) is 2.04. The van der Waals surface area contributed by atoms with Crippen molar-refractivity contribution in [3.63, 3.8) is 0 Å². The number of hydrogen-bond donors (Lipinski definition) is 1. The van der Waals surface area contributed by atoms with E-state index in [2.05, 4.69) is 44.8 Å². The topological polar surface area (TPSA) is 16.4 Å². The zero-order chi connectivity index (χ0) is 9.42. The molecule has 0 unspecified atom stereocenters. The fourth-order valence-electron chi connectivity index (χ4n) is 1.60. The fraction of sp³-hybridized carbons (Fsp3) is 0.200. The normalized spacial score (nSPS) is 10.7. The highest BCUT2D eigenvalue weighted by molar-refractivity contribution is 9.10. The average molecular weight is 239 g/mol. The maximum absolute atomic E-state index is 3.58. The van der Waals surface area contributed by atoms with Gasteiger partial charge in [-0.25, -0.2) is 0 Å². The Morgan fingerprint density at radius 3 is 2.85 bits per heavy atom. The van der Waals surface area contributed by atoms with Crippen molar-refractivity contribution in [2.24, 2.45) is 0 Å². The summed E-state index contributed by atoms with van der Waals surface area (Å²) >= 11 is 3.58. The molecule has 2 heterocycles. The van der Waals surface area contributed by atoms with Gasteiger partial charge in [-0.2, -0.15) is 0 Å². The van der Waals surface area contributed by atoms with Gasteiger partial charge in [0, 0.05) is 23.3 Å². The summed E-state index contributed by atoms with van der Waals surface area (Å²) in [5.74, 6) is 1.14. The molecule has 2 nitrogen and oxygen atoms in total. The Balaban J connectivity index is 2.90. The van der Waals surface area contributed by atoms with Crippen LogP contribution in [0.2, 0.25) is 0 Å². The van der Waals surface area contributed by atoms with E-state index < -0.39 is 0 Å². The van der Waals surface area contributed by atoms with Crippen LogP contribution in [-0.2, 0) is 0 Å². The Bertz CT molecular complexity index is 445. The van der Waals surface area contributed by atoms with Gasteiger partial charge in [0.2, 0.25) is 0 Å². The van der Waals surface area contributed by atoms with Crippen LogP contribution in [0.25, 0.3) is 5.52 Å². The number of rotatable bonds is 1. The first-order valence-electron chi connectivity index (χ1n) is 4.18.